The lowest BCUT2D eigenvalue weighted by Gasteiger charge is -2.33. The van der Waals surface area contributed by atoms with Crippen LogP contribution in [0.1, 0.15) is 50.2 Å². The van der Waals surface area contributed by atoms with E-state index >= 15 is 0 Å². The van der Waals surface area contributed by atoms with Crippen LogP contribution in [0.5, 0.6) is 0 Å². The number of hydrogen-bond acceptors (Lipinski definition) is 5. The maximum atomic E-state index is 12.6. The van der Waals surface area contributed by atoms with E-state index in [0.717, 1.165) is 50.7 Å². The summed E-state index contributed by atoms with van der Waals surface area (Å²) in [5, 5.41) is 18.5. The summed E-state index contributed by atoms with van der Waals surface area (Å²) < 4.78 is 2.20. The Morgan fingerprint density at radius 1 is 1.25 bits per heavy atom. The molecule has 3 N–H and O–H groups in total. The van der Waals surface area contributed by atoms with E-state index in [4.69, 9.17) is 0 Å². The van der Waals surface area contributed by atoms with Gasteiger partial charge in [0, 0.05) is 19.5 Å². The fourth-order valence-corrected chi connectivity index (χ4v) is 4.41. The summed E-state index contributed by atoms with van der Waals surface area (Å²) in [5.41, 5.74) is 0.319. The van der Waals surface area contributed by atoms with Crippen LogP contribution < -0.4 is 16.0 Å². The molecule has 7 heteroatoms. The smallest absolute Gasteiger partial charge is 0.237 e. The molecule has 1 aromatic rings. The lowest BCUT2D eigenvalue weighted by atomic mass is 9.77. The minimum absolute atomic E-state index is 0.0605. The third-order valence-corrected chi connectivity index (χ3v) is 5.95. The molecule has 0 radical (unpaired) electrons. The number of nitrogens with zero attached hydrogens (tertiary/aromatic N) is 3. The number of amides is 1. The Hall–Kier alpha value is -1.47. The normalized spacial score (nSPS) is 26.1. The lowest BCUT2D eigenvalue weighted by Crippen LogP contribution is -2.40. The molecule has 1 amide bonds. The van der Waals surface area contributed by atoms with Crippen LogP contribution in [0.15, 0.2) is 0 Å². The molecule has 0 saturated carbocycles. The van der Waals surface area contributed by atoms with Crippen LogP contribution in [-0.4, -0.2) is 46.3 Å². The van der Waals surface area contributed by atoms with E-state index in [1.165, 1.54) is 32.1 Å². The highest BCUT2D eigenvalue weighted by Crippen LogP contribution is 2.37. The molecule has 2 fully saturated rings. The average molecular weight is 332 g/mol. The predicted octanol–water partition coefficient (Wildman–Crippen LogP) is 0.352. The van der Waals surface area contributed by atoms with E-state index in [9.17, 15) is 4.79 Å². The Balaban J connectivity index is 1.33. The summed E-state index contributed by atoms with van der Waals surface area (Å²) in [4.78, 5) is 12.6. The molecule has 0 aliphatic carbocycles. The van der Waals surface area contributed by atoms with Crippen LogP contribution in [0.2, 0.25) is 0 Å². The maximum Gasteiger partial charge on any atom is 0.237 e. The van der Waals surface area contributed by atoms with Gasteiger partial charge in [-0.3, -0.25) is 4.79 Å². The van der Waals surface area contributed by atoms with Crippen molar-refractivity contribution < 1.29 is 4.79 Å². The van der Waals surface area contributed by atoms with Crippen molar-refractivity contribution in [1.29, 1.82) is 0 Å². The molecule has 0 aromatic carbocycles. The average Bonchev–Trinajstić information content (AvgIpc) is 3.10. The SMILES string of the molecule is O=C(NCc1nnc2n1CCCCC2)[C@@H]1CC2(CCNCC2)CN1. The van der Waals surface area contributed by atoms with E-state index in [0.29, 0.717) is 12.0 Å². The van der Waals surface area contributed by atoms with Gasteiger partial charge in [0.15, 0.2) is 5.82 Å². The third-order valence-electron chi connectivity index (χ3n) is 5.95. The summed E-state index contributed by atoms with van der Waals surface area (Å²) in [6.07, 6.45) is 7.90. The minimum atomic E-state index is -0.0605. The first kappa shape index (κ1) is 16.0. The molecule has 0 unspecified atom stereocenters. The Morgan fingerprint density at radius 2 is 2.12 bits per heavy atom. The van der Waals surface area contributed by atoms with Gasteiger partial charge >= 0.3 is 0 Å². The van der Waals surface area contributed by atoms with E-state index < -0.39 is 0 Å². The van der Waals surface area contributed by atoms with E-state index in [-0.39, 0.29) is 11.9 Å². The first-order valence-electron chi connectivity index (χ1n) is 9.39. The number of carbonyl (C=O) groups excluding carboxylic acids is 1. The summed E-state index contributed by atoms with van der Waals surface area (Å²) in [5.74, 6) is 2.08. The van der Waals surface area contributed by atoms with E-state index in [2.05, 4.69) is 30.7 Å². The predicted molar refractivity (Wildman–Crippen MR) is 90.4 cm³/mol. The van der Waals surface area contributed by atoms with Crippen molar-refractivity contribution in [3.05, 3.63) is 11.6 Å². The van der Waals surface area contributed by atoms with Gasteiger partial charge in [-0.25, -0.2) is 0 Å². The van der Waals surface area contributed by atoms with Crippen molar-refractivity contribution >= 4 is 5.91 Å². The van der Waals surface area contributed by atoms with Gasteiger partial charge in [0.25, 0.3) is 0 Å². The minimum Gasteiger partial charge on any atom is -0.347 e. The van der Waals surface area contributed by atoms with Crippen molar-refractivity contribution in [2.75, 3.05) is 19.6 Å². The summed E-state index contributed by atoms with van der Waals surface area (Å²) in [6, 6.07) is -0.0605. The fraction of sp³-hybridized carbons (Fsp3) is 0.824. The molecular formula is C17H28N6O. The molecule has 1 spiro atoms. The molecule has 3 aliphatic rings. The molecule has 1 atom stereocenters. The van der Waals surface area contributed by atoms with Gasteiger partial charge in [-0.15, -0.1) is 10.2 Å². The topological polar surface area (TPSA) is 83.9 Å². The monoisotopic (exact) mass is 332 g/mol. The molecule has 7 nitrogen and oxygen atoms in total. The van der Waals surface area contributed by atoms with Crippen molar-refractivity contribution in [3.8, 4) is 0 Å². The van der Waals surface area contributed by atoms with Crippen molar-refractivity contribution in [2.45, 2.75) is 64.1 Å². The Morgan fingerprint density at radius 3 is 3.00 bits per heavy atom. The van der Waals surface area contributed by atoms with Crippen molar-refractivity contribution in [2.24, 2.45) is 5.41 Å². The molecule has 0 bridgehead atoms. The molecular weight excluding hydrogens is 304 g/mol. The van der Waals surface area contributed by atoms with Gasteiger partial charge in [0.05, 0.1) is 12.6 Å². The Labute approximate surface area is 143 Å². The zero-order valence-corrected chi connectivity index (χ0v) is 14.3. The highest BCUT2D eigenvalue weighted by molar-refractivity contribution is 5.82. The number of hydrogen-bond donors (Lipinski definition) is 3. The van der Waals surface area contributed by atoms with Crippen LogP contribution in [0.25, 0.3) is 0 Å². The second kappa shape index (κ2) is 6.80. The number of piperidine rings is 1. The van der Waals surface area contributed by atoms with Gasteiger partial charge in [0.2, 0.25) is 5.91 Å². The van der Waals surface area contributed by atoms with Gasteiger partial charge in [-0.2, -0.15) is 0 Å². The second-order valence-electron chi connectivity index (χ2n) is 7.60. The van der Waals surface area contributed by atoms with E-state index in [1.54, 1.807) is 0 Å². The number of nitrogens with one attached hydrogen (secondary N) is 3. The maximum absolute atomic E-state index is 12.6. The van der Waals surface area contributed by atoms with Gasteiger partial charge in [-0.1, -0.05) is 6.42 Å². The molecule has 3 aliphatic heterocycles. The first-order chi connectivity index (χ1) is 11.8. The number of aromatic nitrogens is 3. The molecule has 2 saturated heterocycles. The van der Waals surface area contributed by atoms with Crippen LogP contribution in [-0.2, 0) is 24.3 Å². The molecule has 4 rings (SSSR count). The van der Waals surface area contributed by atoms with E-state index in [1.807, 2.05) is 0 Å². The van der Waals surface area contributed by atoms with Crippen LogP contribution in [0.3, 0.4) is 0 Å². The molecule has 4 heterocycles. The Kier molecular flexibility index (Phi) is 4.54. The van der Waals surface area contributed by atoms with Crippen LogP contribution >= 0.6 is 0 Å². The summed E-state index contributed by atoms with van der Waals surface area (Å²) >= 11 is 0. The van der Waals surface area contributed by atoms with Gasteiger partial charge < -0.3 is 20.5 Å². The zero-order chi connectivity index (χ0) is 16.4. The highest BCUT2D eigenvalue weighted by Gasteiger charge is 2.42. The summed E-state index contributed by atoms with van der Waals surface area (Å²) in [6.45, 7) is 4.57. The van der Waals surface area contributed by atoms with Crippen molar-refractivity contribution in [1.82, 2.24) is 30.7 Å². The Bertz CT molecular complexity index is 592. The first-order valence-corrected chi connectivity index (χ1v) is 9.39. The quantitative estimate of drug-likeness (QED) is 0.744. The zero-order valence-electron chi connectivity index (χ0n) is 14.3. The fourth-order valence-electron chi connectivity index (χ4n) is 4.41. The summed E-state index contributed by atoms with van der Waals surface area (Å²) in [7, 11) is 0. The molecule has 132 valence electrons. The van der Waals surface area contributed by atoms with Crippen molar-refractivity contribution in [3.63, 3.8) is 0 Å². The molecule has 1 aromatic heterocycles. The number of aryl methyl sites for hydroxylation is 1. The number of fused-ring (bicyclic) bond motifs is 1. The van der Waals surface area contributed by atoms with Gasteiger partial charge in [-0.05, 0) is 50.6 Å². The largest absolute Gasteiger partial charge is 0.347 e. The van der Waals surface area contributed by atoms with Crippen LogP contribution in [0, 0.1) is 5.41 Å². The van der Waals surface area contributed by atoms with Gasteiger partial charge in [0.1, 0.15) is 5.82 Å². The van der Waals surface area contributed by atoms with Crippen LogP contribution in [0.4, 0.5) is 0 Å². The number of rotatable bonds is 3. The standard InChI is InChI=1S/C17H28N6O/c24-16(13-10-17(12-20-13)5-7-18-8-6-17)19-11-15-22-21-14-4-2-1-3-9-23(14)15/h13,18,20H,1-12H2,(H,19,24)/t13-/m0/s1. The molecule has 24 heavy (non-hydrogen) atoms. The second-order valence-corrected chi connectivity index (χ2v) is 7.60. The lowest BCUT2D eigenvalue weighted by molar-refractivity contribution is -0.123. The number of carbonyl (C=O) groups is 1. The third kappa shape index (κ3) is 3.19. The highest BCUT2D eigenvalue weighted by atomic mass is 16.2.